The molecule has 1 aliphatic rings. The second-order valence-corrected chi connectivity index (χ2v) is 6.56. The summed E-state index contributed by atoms with van der Waals surface area (Å²) in [7, 11) is 0. The van der Waals surface area contributed by atoms with Crippen LogP contribution >= 0.6 is 0 Å². The zero-order valence-corrected chi connectivity index (χ0v) is 14.4. The van der Waals surface area contributed by atoms with Crippen molar-refractivity contribution in [3.8, 4) is 5.75 Å². The number of hydrogen-bond acceptors (Lipinski definition) is 8. The summed E-state index contributed by atoms with van der Waals surface area (Å²) in [4.78, 5) is 0. The molecular formula is C19H20N2O6. The summed E-state index contributed by atoms with van der Waals surface area (Å²) in [6.45, 7) is 0.0999. The van der Waals surface area contributed by atoms with Crippen LogP contribution in [0.5, 0.6) is 5.75 Å². The average Bonchev–Trinajstić information content (AvgIpc) is 3.18. The Balaban J connectivity index is 1.45. The van der Waals surface area contributed by atoms with E-state index in [2.05, 4.69) is 10.3 Å². The molecule has 4 unspecified atom stereocenters. The van der Waals surface area contributed by atoms with Gasteiger partial charge in [0.2, 0.25) is 0 Å². The van der Waals surface area contributed by atoms with Crippen molar-refractivity contribution in [1.82, 2.24) is 10.3 Å². The molecule has 1 aliphatic heterocycles. The van der Waals surface area contributed by atoms with Crippen LogP contribution < -0.4 is 4.74 Å². The number of fused-ring (bicyclic) bond motifs is 1. The molecule has 0 aliphatic carbocycles. The van der Waals surface area contributed by atoms with Crippen molar-refractivity contribution in [1.29, 1.82) is 0 Å². The number of ether oxygens (including phenoxy) is 2. The van der Waals surface area contributed by atoms with Crippen molar-refractivity contribution in [2.45, 2.75) is 37.4 Å². The molecular weight excluding hydrogens is 352 g/mol. The molecule has 0 bridgehead atoms. The van der Waals surface area contributed by atoms with Gasteiger partial charge in [0.15, 0.2) is 0 Å². The number of rotatable bonds is 5. The van der Waals surface area contributed by atoms with Crippen LogP contribution in [0.1, 0.15) is 23.7 Å². The maximum absolute atomic E-state index is 10.2. The van der Waals surface area contributed by atoms with Gasteiger partial charge in [0.05, 0.1) is 18.8 Å². The standard InChI is InChI=1S/C19H20N2O6/c22-9-14-8-16(23)18(24)19(26-14)11-4-6-13(7-5-11)25-10-12-2-1-3-15-17(12)21-27-20-15/h1-7,14,16,18-19,22-24H,8-10H2. The van der Waals surface area contributed by atoms with Crippen LogP contribution in [-0.2, 0) is 11.3 Å². The predicted octanol–water partition coefficient (Wildman–Crippen LogP) is 1.35. The Morgan fingerprint density at radius 1 is 1.07 bits per heavy atom. The Morgan fingerprint density at radius 3 is 2.67 bits per heavy atom. The summed E-state index contributed by atoms with van der Waals surface area (Å²) in [5.41, 5.74) is 2.90. The monoisotopic (exact) mass is 372 g/mol. The summed E-state index contributed by atoms with van der Waals surface area (Å²) in [5, 5.41) is 37.1. The molecule has 0 saturated carbocycles. The first-order valence-corrected chi connectivity index (χ1v) is 8.71. The number of benzene rings is 2. The Kier molecular flexibility index (Phi) is 5.04. The van der Waals surface area contributed by atoms with Crippen LogP contribution in [0.15, 0.2) is 47.1 Å². The predicted molar refractivity (Wildman–Crippen MR) is 93.9 cm³/mol. The van der Waals surface area contributed by atoms with Crippen molar-refractivity contribution in [2.75, 3.05) is 6.61 Å². The van der Waals surface area contributed by atoms with Crippen LogP contribution in [0.25, 0.3) is 11.0 Å². The molecule has 2 heterocycles. The van der Waals surface area contributed by atoms with Gasteiger partial charge in [-0.05, 0) is 34.1 Å². The fourth-order valence-corrected chi connectivity index (χ4v) is 3.24. The first kappa shape index (κ1) is 17.9. The van der Waals surface area contributed by atoms with Crippen LogP contribution in [0.3, 0.4) is 0 Å². The van der Waals surface area contributed by atoms with Gasteiger partial charge in [-0.2, -0.15) is 0 Å². The van der Waals surface area contributed by atoms with E-state index in [0.717, 1.165) is 5.56 Å². The van der Waals surface area contributed by atoms with Gasteiger partial charge < -0.3 is 24.8 Å². The zero-order valence-electron chi connectivity index (χ0n) is 14.4. The van der Waals surface area contributed by atoms with Gasteiger partial charge in [0, 0.05) is 12.0 Å². The Morgan fingerprint density at radius 2 is 1.89 bits per heavy atom. The molecule has 0 radical (unpaired) electrons. The highest BCUT2D eigenvalue weighted by Gasteiger charge is 2.37. The molecule has 1 aromatic heterocycles. The SMILES string of the molecule is OCC1CC(O)C(O)C(c2ccc(OCc3cccc4nonc34)cc2)O1. The molecule has 2 aromatic carbocycles. The third-order valence-electron chi connectivity index (χ3n) is 4.72. The second kappa shape index (κ2) is 7.61. The third-order valence-corrected chi connectivity index (χ3v) is 4.72. The van der Waals surface area contributed by atoms with E-state index in [0.29, 0.717) is 29.0 Å². The first-order chi connectivity index (χ1) is 13.2. The first-order valence-electron chi connectivity index (χ1n) is 8.71. The quantitative estimate of drug-likeness (QED) is 0.614. The number of aliphatic hydroxyl groups excluding tert-OH is 3. The molecule has 3 N–H and O–H groups in total. The molecule has 4 atom stereocenters. The van der Waals surface area contributed by atoms with E-state index in [9.17, 15) is 15.3 Å². The van der Waals surface area contributed by atoms with Crippen LogP contribution in [0, 0.1) is 0 Å². The van der Waals surface area contributed by atoms with Crippen LogP contribution in [0.4, 0.5) is 0 Å². The Hall–Kier alpha value is -2.52. The van der Waals surface area contributed by atoms with E-state index in [4.69, 9.17) is 14.1 Å². The van der Waals surface area contributed by atoms with E-state index in [1.165, 1.54) is 0 Å². The molecule has 0 amide bonds. The molecule has 8 heteroatoms. The highest BCUT2D eigenvalue weighted by molar-refractivity contribution is 5.76. The highest BCUT2D eigenvalue weighted by Crippen LogP contribution is 2.32. The third kappa shape index (κ3) is 3.65. The molecule has 1 saturated heterocycles. The lowest BCUT2D eigenvalue weighted by Gasteiger charge is -2.36. The van der Waals surface area contributed by atoms with E-state index in [1.807, 2.05) is 18.2 Å². The van der Waals surface area contributed by atoms with Gasteiger partial charge in [-0.1, -0.05) is 24.3 Å². The van der Waals surface area contributed by atoms with Gasteiger partial charge in [-0.3, -0.25) is 0 Å². The fraction of sp³-hybridized carbons (Fsp3) is 0.368. The van der Waals surface area contributed by atoms with E-state index in [1.54, 1.807) is 24.3 Å². The van der Waals surface area contributed by atoms with Crippen LogP contribution in [0.2, 0.25) is 0 Å². The number of aromatic nitrogens is 2. The van der Waals surface area contributed by atoms with Gasteiger partial charge in [0.25, 0.3) is 0 Å². The van der Waals surface area contributed by atoms with Gasteiger partial charge in [0.1, 0.15) is 35.6 Å². The van der Waals surface area contributed by atoms with Crippen molar-refractivity contribution in [2.24, 2.45) is 0 Å². The Labute approximate surface area is 154 Å². The summed E-state index contributed by atoms with van der Waals surface area (Å²) in [6, 6.07) is 12.6. The van der Waals surface area contributed by atoms with Crippen molar-refractivity contribution in [3.63, 3.8) is 0 Å². The van der Waals surface area contributed by atoms with E-state index in [-0.39, 0.29) is 13.0 Å². The number of hydrogen-bond donors (Lipinski definition) is 3. The van der Waals surface area contributed by atoms with Crippen LogP contribution in [-0.4, -0.2) is 50.6 Å². The summed E-state index contributed by atoms with van der Waals surface area (Å²) in [6.07, 6.45) is -2.97. The van der Waals surface area contributed by atoms with Gasteiger partial charge >= 0.3 is 0 Å². The fourth-order valence-electron chi connectivity index (χ4n) is 3.24. The smallest absolute Gasteiger partial charge is 0.141 e. The van der Waals surface area contributed by atoms with E-state index >= 15 is 0 Å². The number of nitrogens with zero attached hydrogens (tertiary/aromatic N) is 2. The molecule has 3 aromatic rings. The molecule has 8 nitrogen and oxygen atoms in total. The average molecular weight is 372 g/mol. The van der Waals surface area contributed by atoms with Gasteiger partial charge in [-0.25, -0.2) is 4.63 Å². The summed E-state index contributed by atoms with van der Waals surface area (Å²) >= 11 is 0. The minimum absolute atomic E-state index is 0.204. The second-order valence-electron chi connectivity index (χ2n) is 6.56. The maximum atomic E-state index is 10.2. The van der Waals surface area contributed by atoms with Crippen molar-refractivity contribution in [3.05, 3.63) is 53.6 Å². The molecule has 142 valence electrons. The summed E-state index contributed by atoms with van der Waals surface area (Å²) in [5.74, 6) is 0.636. The van der Waals surface area contributed by atoms with E-state index < -0.39 is 24.4 Å². The Bertz CT molecular complexity index is 897. The molecule has 1 fully saturated rings. The minimum atomic E-state index is -1.04. The zero-order chi connectivity index (χ0) is 18.8. The normalized spacial score (nSPS) is 25.6. The molecule has 27 heavy (non-hydrogen) atoms. The molecule has 4 rings (SSSR count). The van der Waals surface area contributed by atoms with Crippen molar-refractivity contribution < 1.29 is 29.4 Å². The summed E-state index contributed by atoms with van der Waals surface area (Å²) < 4.78 is 16.2. The lowest BCUT2D eigenvalue weighted by molar-refractivity contribution is -0.179. The van der Waals surface area contributed by atoms with Gasteiger partial charge in [-0.15, -0.1) is 0 Å². The molecule has 0 spiro atoms. The topological polar surface area (TPSA) is 118 Å². The lowest BCUT2D eigenvalue weighted by atomic mass is 9.93. The number of aliphatic hydroxyl groups is 3. The minimum Gasteiger partial charge on any atom is -0.489 e. The maximum Gasteiger partial charge on any atom is 0.141 e. The largest absolute Gasteiger partial charge is 0.489 e. The van der Waals surface area contributed by atoms with Crippen molar-refractivity contribution >= 4 is 11.0 Å². The highest BCUT2D eigenvalue weighted by atomic mass is 16.6. The lowest BCUT2D eigenvalue weighted by Crippen LogP contribution is -2.44.